The summed E-state index contributed by atoms with van der Waals surface area (Å²) in [4.78, 5) is 33.9. The van der Waals surface area contributed by atoms with Crippen molar-refractivity contribution < 1.29 is 9.53 Å². The highest BCUT2D eigenvalue weighted by molar-refractivity contribution is 5.94. The molecule has 0 radical (unpaired) electrons. The minimum atomic E-state index is -0.445. The number of aromatic nitrogens is 6. The summed E-state index contributed by atoms with van der Waals surface area (Å²) in [6, 6.07) is 9.36. The van der Waals surface area contributed by atoms with Crippen LogP contribution in [0.1, 0.15) is 54.1 Å². The van der Waals surface area contributed by atoms with Crippen LogP contribution in [0.3, 0.4) is 0 Å². The van der Waals surface area contributed by atoms with Crippen LogP contribution in [-0.2, 0) is 11.8 Å². The zero-order chi connectivity index (χ0) is 25.5. The van der Waals surface area contributed by atoms with Crippen LogP contribution in [0.25, 0.3) is 16.7 Å². The van der Waals surface area contributed by atoms with Crippen LogP contribution in [0.2, 0.25) is 0 Å². The molecule has 6 rings (SSSR count). The van der Waals surface area contributed by atoms with Gasteiger partial charge < -0.3 is 15.4 Å². The molecule has 0 saturated heterocycles. The standard InChI is InChI=1S/C26H28N8O3/c1-33-22-11-16(24(35)37-2)5-9-21(22)34(26(33)36)19-8-10-23(27-13-19)29-17-6-7-18(12-17)30-25-28-14-20(31-32-25)15-3-4-15/h5,8-11,13-15,17-18H,3-4,6-7,12H2,1-2H3,(H,27,29)(H,28,30,32)/t17-,18-/m0/s1. The Morgan fingerprint density at radius 1 is 0.973 bits per heavy atom. The number of fused-ring (bicyclic) bond motifs is 1. The van der Waals surface area contributed by atoms with Crippen molar-refractivity contribution >= 4 is 28.8 Å². The third-order valence-corrected chi connectivity index (χ3v) is 7.18. The van der Waals surface area contributed by atoms with Gasteiger partial charge in [-0.3, -0.25) is 9.13 Å². The molecule has 4 aromatic rings. The highest BCUT2D eigenvalue weighted by atomic mass is 16.5. The minimum Gasteiger partial charge on any atom is -0.465 e. The number of nitrogens with one attached hydrogen (secondary N) is 2. The monoisotopic (exact) mass is 500 g/mol. The molecule has 2 fully saturated rings. The van der Waals surface area contributed by atoms with E-state index in [1.165, 1.54) is 24.5 Å². The fourth-order valence-electron chi connectivity index (χ4n) is 4.99. The lowest BCUT2D eigenvalue weighted by Crippen LogP contribution is -2.22. The number of rotatable bonds is 7. The number of hydrogen-bond acceptors (Lipinski definition) is 9. The van der Waals surface area contributed by atoms with Crippen LogP contribution in [0.5, 0.6) is 0 Å². The third kappa shape index (κ3) is 4.52. The average Bonchev–Trinajstić information content (AvgIpc) is 3.64. The Labute approximate surface area is 212 Å². The second-order valence-corrected chi connectivity index (χ2v) is 9.75. The number of imidazole rings is 1. The number of carbonyl (C=O) groups excluding carboxylic acids is 1. The van der Waals surface area contributed by atoms with Crippen LogP contribution in [-0.4, -0.2) is 54.5 Å². The molecule has 3 heterocycles. The SMILES string of the molecule is COC(=O)c1ccc2c(c1)n(C)c(=O)n2-c1ccc(N[C@H]2CC[C@H](Nc3ncc(C4CC4)nn3)C2)nc1. The van der Waals surface area contributed by atoms with Gasteiger partial charge in [0.05, 0.1) is 47.5 Å². The topological polar surface area (TPSA) is 129 Å². The predicted molar refractivity (Wildman–Crippen MR) is 138 cm³/mol. The molecule has 37 heavy (non-hydrogen) atoms. The second-order valence-electron chi connectivity index (χ2n) is 9.75. The Morgan fingerprint density at radius 3 is 2.46 bits per heavy atom. The van der Waals surface area contributed by atoms with Crippen molar-refractivity contribution in [1.82, 2.24) is 29.3 Å². The van der Waals surface area contributed by atoms with Gasteiger partial charge in [-0.25, -0.2) is 19.6 Å². The van der Waals surface area contributed by atoms with E-state index in [1.54, 1.807) is 36.0 Å². The summed E-state index contributed by atoms with van der Waals surface area (Å²) in [5, 5.41) is 15.4. The summed E-state index contributed by atoms with van der Waals surface area (Å²) >= 11 is 0. The van der Waals surface area contributed by atoms with E-state index >= 15 is 0 Å². The highest BCUT2D eigenvalue weighted by Crippen LogP contribution is 2.38. The van der Waals surface area contributed by atoms with Crippen LogP contribution >= 0.6 is 0 Å². The Balaban J connectivity index is 1.12. The summed E-state index contributed by atoms with van der Waals surface area (Å²) in [5.41, 5.74) is 3.14. The molecule has 2 saturated carbocycles. The van der Waals surface area contributed by atoms with Crippen LogP contribution < -0.4 is 16.3 Å². The number of nitrogens with zero attached hydrogens (tertiary/aromatic N) is 6. The Hall–Kier alpha value is -4.28. The lowest BCUT2D eigenvalue weighted by atomic mass is 10.2. The number of hydrogen-bond donors (Lipinski definition) is 2. The smallest absolute Gasteiger partial charge is 0.337 e. The first-order chi connectivity index (χ1) is 18.0. The van der Waals surface area contributed by atoms with E-state index in [0.717, 1.165) is 30.8 Å². The fourth-order valence-corrected chi connectivity index (χ4v) is 4.99. The summed E-state index contributed by atoms with van der Waals surface area (Å²) in [6.45, 7) is 0. The van der Waals surface area contributed by atoms with Crippen LogP contribution in [0.15, 0.2) is 47.5 Å². The van der Waals surface area contributed by atoms with Crippen molar-refractivity contribution in [1.29, 1.82) is 0 Å². The Bertz CT molecular complexity index is 1510. The molecule has 1 aromatic carbocycles. The van der Waals surface area contributed by atoms with Gasteiger partial charge in [0.1, 0.15) is 5.82 Å². The summed E-state index contributed by atoms with van der Waals surface area (Å²) < 4.78 is 7.90. The van der Waals surface area contributed by atoms with Gasteiger partial charge in [0.25, 0.3) is 0 Å². The Morgan fingerprint density at radius 2 is 1.78 bits per heavy atom. The predicted octanol–water partition coefficient (Wildman–Crippen LogP) is 3.02. The number of ether oxygens (including phenoxy) is 1. The molecular formula is C26H28N8O3. The van der Waals surface area contributed by atoms with E-state index in [-0.39, 0.29) is 17.8 Å². The number of aryl methyl sites for hydroxylation is 1. The van der Waals surface area contributed by atoms with Crippen molar-refractivity contribution in [2.75, 3.05) is 17.7 Å². The first kappa shape index (κ1) is 23.1. The lowest BCUT2D eigenvalue weighted by molar-refractivity contribution is 0.0601. The van der Waals surface area contributed by atoms with E-state index in [2.05, 4.69) is 30.8 Å². The van der Waals surface area contributed by atoms with Gasteiger partial charge in [-0.2, -0.15) is 0 Å². The molecule has 0 spiro atoms. The number of methoxy groups -OCH3 is 1. The van der Waals surface area contributed by atoms with Crippen molar-refractivity contribution in [3.8, 4) is 5.69 Å². The fraction of sp³-hybridized carbons (Fsp3) is 0.385. The molecule has 2 aliphatic rings. The summed E-state index contributed by atoms with van der Waals surface area (Å²) in [5.74, 6) is 1.44. The van der Waals surface area contributed by atoms with Crippen LogP contribution in [0.4, 0.5) is 11.8 Å². The molecule has 0 amide bonds. The normalized spacial score (nSPS) is 19.2. The molecule has 0 bridgehead atoms. The first-order valence-electron chi connectivity index (χ1n) is 12.5. The van der Waals surface area contributed by atoms with Gasteiger partial charge >= 0.3 is 11.7 Å². The molecule has 2 aliphatic carbocycles. The van der Waals surface area contributed by atoms with Crippen LogP contribution in [0, 0.1) is 0 Å². The number of esters is 1. The van der Waals surface area contributed by atoms with Gasteiger partial charge in [-0.15, -0.1) is 10.2 Å². The van der Waals surface area contributed by atoms with E-state index in [1.807, 2.05) is 18.3 Å². The summed E-state index contributed by atoms with van der Waals surface area (Å²) in [7, 11) is 3.01. The lowest BCUT2D eigenvalue weighted by Gasteiger charge is -2.15. The molecule has 11 heteroatoms. The highest BCUT2D eigenvalue weighted by Gasteiger charge is 2.27. The van der Waals surface area contributed by atoms with Crippen molar-refractivity contribution in [3.05, 3.63) is 64.5 Å². The van der Waals surface area contributed by atoms with E-state index in [9.17, 15) is 9.59 Å². The van der Waals surface area contributed by atoms with Gasteiger partial charge in [-0.05, 0) is 62.4 Å². The largest absolute Gasteiger partial charge is 0.465 e. The van der Waals surface area contributed by atoms with Crippen molar-refractivity contribution in [2.24, 2.45) is 7.05 Å². The van der Waals surface area contributed by atoms with Gasteiger partial charge in [0, 0.05) is 25.0 Å². The zero-order valence-corrected chi connectivity index (χ0v) is 20.7. The van der Waals surface area contributed by atoms with Gasteiger partial charge in [0.2, 0.25) is 5.95 Å². The molecule has 2 N–H and O–H groups in total. The number of carbonyl (C=O) groups is 1. The maximum Gasteiger partial charge on any atom is 0.337 e. The molecular weight excluding hydrogens is 472 g/mol. The molecule has 3 aromatic heterocycles. The second kappa shape index (κ2) is 9.30. The molecule has 0 aliphatic heterocycles. The van der Waals surface area contributed by atoms with E-state index in [0.29, 0.717) is 34.2 Å². The number of benzene rings is 1. The average molecular weight is 501 g/mol. The Kier molecular flexibility index (Phi) is 5.82. The van der Waals surface area contributed by atoms with Crippen molar-refractivity contribution in [3.63, 3.8) is 0 Å². The van der Waals surface area contributed by atoms with E-state index in [4.69, 9.17) is 4.74 Å². The summed E-state index contributed by atoms with van der Waals surface area (Å²) in [6.07, 6.45) is 8.81. The molecule has 190 valence electrons. The third-order valence-electron chi connectivity index (χ3n) is 7.18. The van der Waals surface area contributed by atoms with E-state index < -0.39 is 5.97 Å². The first-order valence-corrected chi connectivity index (χ1v) is 12.5. The maximum atomic E-state index is 13.0. The number of pyridine rings is 1. The molecule has 11 nitrogen and oxygen atoms in total. The molecule has 0 unspecified atom stereocenters. The number of anilines is 2. The van der Waals surface area contributed by atoms with Gasteiger partial charge in [0.15, 0.2) is 0 Å². The zero-order valence-electron chi connectivity index (χ0n) is 20.7. The quantitative estimate of drug-likeness (QED) is 0.368. The van der Waals surface area contributed by atoms with Gasteiger partial charge in [-0.1, -0.05) is 0 Å². The minimum absolute atomic E-state index is 0.217. The van der Waals surface area contributed by atoms with Crippen molar-refractivity contribution in [2.45, 2.75) is 50.1 Å². The molecule has 2 atom stereocenters. The maximum absolute atomic E-state index is 13.0.